The monoisotopic (exact) mass is 291 g/mol. The zero-order valence-electron chi connectivity index (χ0n) is 9.66. The van der Waals surface area contributed by atoms with Gasteiger partial charge in [0.2, 0.25) is 0 Å². The molecule has 1 amide bonds. The van der Waals surface area contributed by atoms with E-state index >= 15 is 0 Å². The Morgan fingerprint density at radius 2 is 2.28 bits per heavy atom. The number of hydrogen-bond donors (Lipinski definition) is 2. The van der Waals surface area contributed by atoms with E-state index in [1.165, 1.54) is 11.2 Å². The van der Waals surface area contributed by atoms with Crippen molar-refractivity contribution in [3.8, 4) is 0 Å². The molecule has 2 heterocycles. The molecule has 0 radical (unpaired) electrons. The molecule has 1 atom stereocenters. The summed E-state index contributed by atoms with van der Waals surface area (Å²) in [6.45, 7) is 1.86. The highest BCUT2D eigenvalue weighted by atomic mass is 32.2. The molecule has 0 saturated carbocycles. The maximum absolute atomic E-state index is 12.3. The van der Waals surface area contributed by atoms with Crippen molar-refractivity contribution in [3.63, 3.8) is 0 Å². The lowest BCUT2D eigenvalue weighted by molar-refractivity contribution is 0.0999. The van der Waals surface area contributed by atoms with Crippen LogP contribution in [0.1, 0.15) is 21.9 Å². The average Bonchev–Trinajstić information content (AvgIpc) is 2.85. The average molecular weight is 291 g/mol. The fraction of sp³-hybridized carbons (Fsp3) is 0.556. The number of rotatable bonds is 3. The Morgan fingerprint density at radius 3 is 2.72 bits per heavy atom. The quantitative estimate of drug-likeness (QED) is 0.765. The third kappa shape index (κ3) is 2.26. The highest BCUT2D eigenvalue weighted by Gasteiger charge is 2.34. The second-order valence-corrected chi connectivity index (χ2v) is 7.19. The fourth-order valence-corrected chi connectivity index (χ4v) is 4.77. The molecule has 1 aromatic heterocycles. The topological polar surface area (TPSA) is 114 Å². The Hall–Kier alpha value is -1.03. The van der Waals surface area contributed by atoms with Gasteiger partial charge in [-0.1, -0.05) is 11.3 Å². The van der Waals surface area contributed by atoms with E-state index in [4.69, 9.17) is 5.73 Å². The first kappa shape index (κ1) is 13.4. The third-order valence-corrected chi connectivity index (χ3v) is 6.29. The van der Waals surface area contributed by atoms with Gasteiger partial charge in [0, 0.05) is 13.1 Å². The number of aromatic nitrogens is 1. The molecule has 9 heteroatoms. The largest absolute Gasteiger partial charge is 0.392 e. The number of aliphatic hydroxyl groups is 1. The van der Waals surface area contributed by atoms with Crippen molar-refractivity contribution < 1.29 is 18.3 Å². The lowest BCUT2D eigenvalue weighted by Crippen LogP contribution is -2.29. The first-order valence-corrected chi connectivity index (χ1v) is 7.53. The number of hydrogen-bond acceptors (Lipinski definition) is 6. The van der Waals surface area contributed by atoms with Gasteiger partial charge in [-0.15, -0.1) is 0 Å². The normalized spacial score (nSPS) is 21.3. The molecule has 100 valence electrons. The van der Waals surface area contributed by atoms with Gasteiger partial charge in [0.05, 0.1) is 11.8 Å². The number of aliphatic hydroxyl groups excluding tert-OH is 1. The number of sulfonamides is 1. The zero-order valence-corrected chi connectivity index (χ0v) is 11.3. The summed E-state index contributed by atoms with van der Waals surface area (Å²) in [5.74, 6) is -0.744. The lowest BCUT2D eigenvalue weighted by Gasteiger charge is -2.14. The Labute approximate surface area is 108 Å². The molecule has 1 aromatic rings. The van der Waals surface area contributed by atoms with Gasteiger partial charge in [0.15, 0.2) is 9.22 Å². The number of carbonyl (C=O) groups is 1. The molecule has 1 aliphatic heterocycles. The summed E-state index contributed by atoms with van der Waals surface area (Å²) in [5.41, 5.74) is 5.33. The van der Waals surface area contributed by atoms with Crippen LogP contribution in [0.4, 0.5) is 0 Å². The third-order valence-electron chi connectivity index (χ3n) is 2.67. The number of β-amino-alcohol motifs (C(OH)–C–C–N with tert-alkyl or cyclic N) is 1. The summed E-state index contributed by atoms with van der Waals surface area (Å²) in [4.78, 5) is 14.8. The van der Waals surface area contributed by atoms with Crippen molar-refractivity contribution in [2.75, 3.05) is 13.1 Å². The fourth-order valence-electron chi connectivity index (χ4n) is 1.77. The van der Waals surface area contributed by atoms with E-state index in [-0.39, 0.29) is 28.0 Å². The highest BCUT2D eigenvalue weighted by Crippen LogP contribution is 2.28. The van der Waals surface area contributed by atoms with E-state index in [0.717, 1.165) is 11.3 Å². The number of nitrogens with zero attached hydrogens (tertiary/aromatic N) is 2. The molecule has 1 fully saturated rings. The van der Waals surface area contributed by atoms with Crippen molar-refractivity contribution in [1.29, 1.82) is 0 Å². The van der Waals surface area contributed by atoms with E-state index < -0.39 is 22.0 Å². The van der Waals surface area contributed by atoms with Gasteiger partial charge in [-0.05, 0) is 13.3 Å². The van der Waals surface area contributed by atoms with E-state index in [2.05, 4.69) is 4.98 Å². The predicted molar refractivity (Wildman–Crippen MR) is 64.8 cm³/mol. The smallest absolute Gasteiger partial charge is 0.277 e. The maximum atomic E-state index is 12.3. The van der Waals surface area contributed by atoms with Crippen LogP contribution in [0.25, 0.3) is 0 Å². The van der Waals surface area contributed by atoms with Crippen LogP contribution in [-0.4, -0.2) is 47.9 Å². The number of amides is 1. The summed E-state index contributed by atoms with van der Waals surface area (Å²) in [6.07, 6.45) is -0.219. The van der Waals surface area contributed by atoms with Gasteiger partial charge < -0.3 is 10.8 Å². The molecule has 1 saturated heterocycles. The van der Waals surface area contributed by atoms with E-state index in [1.807, 2.05) is 0 Å². The molecular weight excluding hydrogens is 278 g/mol. The maximum Gasteiger partial charge on any atom is 0.277 e. The summed E-state index contributed by atoms with van der Waals surface area (Å²) in [6, 6.07) is 0. The van der Waals surface area contributed by atoms with Crippen LogP contribution in [0, 0.1) is 6.92 Å². The summed E-state index contributed by atoms with van der Waals surface area (Å²) in [5, 5.41) is 9.36. The molecule has 2 rings (SSSR count). The van der Waals surface area contributed by atoms with Crippen molar-refractivity contribution in [1.82, 2.24) is 9.29 Å². The van der Waals surface area contributed by atoms with Crippen LogP contribution < -0.4 is 5.73 Å². The van der Waals surface area contributed by atoms with E-state index in [0.29, 0.717) is 6.42 Å². The van der Waals surface area contributed by atoms with Gasteiger partial charge in [-0.25, -0.2) is 13.4 Å². The number of carbonyl (C=O) groups excluding carboxylic acids is 1. The van der Waals surface area contributed by atoms with Crippen molar-refractivity contribution in [2.24, 2.45) is 5.73 Å². The van der Waals surface area contributed by atoms with Crippen molar-refractivity contribution >= 4 is 27.3 Å². The minimum Gasteiger partial charge on any atom is -0.392 e. The summed E-state index contributed by atoms with van der Waals surface area (Å²) < 4.78 is 25.8. The second kappa shape index (κ2) is 4.57. The number of primary amides is 1. The van der Waals surface area contributed by atoms with Gasteiger partial charge in [0.1, 0.15) is 0 Å². The molecule has 3 N–H and O–H groups in total. The van der Waals surface area contributed by atoms with Gasteiger partial charge in [-0.3, -0.25) is 4.79 Å². The molecule has 0 aromatic carbocycles. The minimum atomic E-state index is -3.69. The summed E-state index contributed by atoms with van der Waals surface area (Å²) >= 11 is 0.766. The Kier molecular flexibility index (Phi) is 3.41. The minimum absolute atomic E-state index is 0.0189. The second-order valence-electron chi connectivity index (χ2n) is 4.06. The Balaban J connectivity index is 2.38. The van der Waals surface area contributed by atoms with Crippen LogP contribution in [0.2, 0.25) is 0 Å². The van der Waals surface area contributed by atoms with Gasteiger partial charge >= 0.3 is 0 Å². The van der Waals surface area contributed by atoms with Crippen LogP contribution >= 0.6 is 11.3 Å². The van der Waals surface area contributed by atoms with E-state index in [9.17, 15) is 18.3 Å². The van der Waals surface area contributed by atoms with Crippen molar-refractivity contribution in [3.05, 3.63) is 10.7 Å². The zero-order chi connectivity index (χ0) is 13.5. The summed E-state index contributed by atoms with van der Waals surface area (Å²) in [7, 11) is -3.69. The molecule has 1 aliphatic rings. The molecule has 1 unspecified atom stereocenters. The predicted octanol–water partition coefficient (Wildman–Crippen LogP) is -0.694. The lowest BCUT2D eigenvalue weighted by atomic mass is 10.3. The molecule has 0 bridgehead atoms. The number of aryl methyl sites for hydroxylation is 1. The Morgan fingerprint density at radius 1 is 1.61 bits per heavy atom. The Bertz CT molecular complexity index is 581. The van der Waals surface area contributed by atoms with Crippen LogP contribution in [0.5, 0.6) is 0 Å². The van der Waals surface area contributed by atoms with Gasteiger partial charge in [-0.2, -0.15) is 4.31 Å². The number of nitrogens with two attached hydrogens (primary N) is 1. The molecule has 18 heavy (non-hydrogen) atoms. The first-order valence-electron chi connectivity index (χ1n) is 5.28. The standard InChI is InChI=1S/C9H13N3O4S2/c1-5-9(17-8(11-5)7(10)14)18(15,16)12-3-2-6(13)4-12/h6,13H,2-4H2,1H3,(H2,10,14). The first-order chi connectivity index (χ1) is 8.32. The molecule has 0 aliphatic carbocycles. The molecule has 0 spiro atoms. The van der Waals surface area contributed by atoms with Crippen LogP contribution in [-0.2, 0) is 10.0 Å². The van der Waals surface area contributed by atoms with Crippen LogP contribution in [0.15, 0.2) is 4.21 Å². The van der Waals surface area contributed by atoms with Crippen molar-refractivity contribution in [2.45, 2.75) is 23.7 Å². The highest BCUT2D eigenvalue weighted by molar-refractivity contribution is 7.91. The molecule has 7 nitrogen and oxygen atoms in total. The van der Waals surface area contributed by atoms with E-state index in [1.54, 1.807) is 0 Å². The SMILES string of the molecule is Cc1nc(C(N)=O)sc1S(=O)(=O)N1CCC(O)C1. The van der Waals surface area contributed by atoms with Crippen LogP contribution in [0.3, 0.4) is 0 Å². The molecular formula is C9H13N3O4S2. The van der Waals surface area contributed by atoms with Gasteiger partial charge in [0.25, 0.3) is 15.9 Å². The number of thiazole rings is 1.